The van der Waals surface area contributed by atoms with Crippen molar-refractivity contribution in [3.8, 4) is 17.2 Å². The molecule has 180 valence electrons. The summed E-state index contributed by atoms with van der Waals surface area (Å²) in [5.41, 5.74) is 1.30. The Hall–Kier alpha value is -4.34. The fourth-order valence-electron chi connectivity index (χ4n) is 4.09. The van der Waals surface area contributed by atoms with Crippen molar-refractivity contribution in [1.82, 2.24) is 20.6 Å². The smallest absolute Gasteiger partial charge is 0.258 e. The maximum absolute atomic E-state index is 13.2. The maximum atomic E-state index is 13.2. The molecule has 2 N–H and O–H groups in total. The van der Waals surface area contributed by atoms with Gasteiger partial charge in [-0.25, -0.2) is 9.97 Å². The highest BCUT2D eigenvalue weighted by molar-refractivity contribution is 5.95. The number of hydrogen-bond donors (Lipinski definition) is 2. The number of amides is 2. The molecule has 10 nitrogen and oxygen atoms in total. The average Bonchev–Trinajstić information content (AvgIpc) is 3.28. The Balaban J connectivity index is 1.46. The van der Waals surface area contributed by atoms with E-state index < -0.39 is 0 Å². The van der Waals surface area contributed by atoms with Gasteiger partial charge in [-0.15, -0.1) is 0 Å². The Bertz CT molecular complexity index is 1200. The second kappa shape index (κ2) is 9.88. The van der Waals surface area contributed by atoms with Crippen LogP contribution < -0.4 is 29.7 Å². The van der Waals surface area contributed by atoms with Gasteiger partial charge < -0.3 is 29.7 Å². The number of ether oxygens (including phenoxy) is 3. The van der Waals surface area contributed by atoms with Crippen LogP contribution in [0, 0.1) is 0 Å². The Morgan fingerprint density at radius 3 is 2.63 bits per heavy atom. The predicted octanol–water partition coefficient (Wildman–Crippen LogP) is 1.56. The highest BCUT2D eigenvalue weighted by Crippen LogP contribution is 2.29. The minimum Gasteiger partial charge on any atom is -0.493 e. The van der Waals surface area contributed by atoms with Crippen molar-refractivity contribution in [1.29, 1.82) is 0 Å². The van der Waals surface area contributed by atoms with Gasteiger partial charge in [-0.05, 0) is 42.0 Å². The third-order valence-corrected chi connectivity index (χ3v) is 5.90. The van der Waals surface area contributed by atoms with Crippen LogP contribution in [-0.2, 0) is 11.3 Å². The summed E-state index contributed by atoms with van der Waals surface area (Å²) >= 11 is 0. The molecule has 3 aromatic rings. The zero-order valence-electron chi connectivity index (χ0n) is 19.1. The number of aromatic nitrogens is 2. The van der Waals surface area contributed by atoms with Crippen LogP contribution in [0.25, 0.3) is 0 Å². The molecule has 2 atom stereocenters. The summed E-state index contributed by atoms with van der Waals surface area (Å²) in [6.45, 7) is 1.13. The van der Waals surface area contributed by atoms with Gasteiger partial charge in [0.2, 0.25) is 5.95 Å². The molecule has 10 heteroatoms. The molecule has 4 heterocycles. The molecule has 6 rings (SSSR count). The highest BCUT2D eigenvalue weighted by Gasteiger charge is 2.37. The van der Waals surface area contributed by atoms with Gasteiger partial charge in [0.15, 0.2) is 18.1 Å². The molecule has 3 aliphatic heterocycles. The number of nitrogens with one attached hydrogen (secondary N) is 2. The number of anilines is 1. The molecule has 2 amide bonds. The van der Waals surface area contributed by atoms with E-state index in [2.05, 4.69) is 20.6 Å². The van der Waals surface area contributed by atoms with E-state index in [1.807, 2.05) is 29.2 Å². The van der Waals surface area contributed by atoms with Crippen LogP contribution in [0.1, 0.15) is 15.9 Å². The second-order valence-corrected chi connectivity index (χ2v) is 8.27. The first-order valence-electron chi connectivity index (χ1n) is 11.2. The summed E-state index contributed by atoms with van der Waals surface area (Å²) in [6.07, 6.45) is 3.03. The zero-order chi connectivity index (χ0) is 24.2. The first kappa shape index (κ1) is 22.5. The van der Waals surface area contributed by atoms with E-state index in [0.29, 0.717) is 48.4 Å². The quantitative estimate of drug-likeness (QED) is 0.574. The van der Waals surface area contributed by atoms with Crippen molar-refractivity contribution in [3.63, 3.8) is 0 Å². The van der Waals surface area contributed by atoms with Crippen LogP contribution in [0.4, 0.5) is 5.95 Å². The lowest BCUT2D eigenvalue weighted by Gasteiger charge is -2.21. The summed E-state index contributed by atoms with van der Waals surface area (Å²) in [7, 11) is 1.50. The second-order valence-electron chi connectivity index (χ2n) is 8.27. The summed E-state index contributed by atoms with van der Waals surface area (Å²) < 4.78 is 17.3. The molecule has 0 aliphatic carbocycles. The van der Waals surface area contributed by atoms with E-state index in [9.17, 15) is 9.59 Å². The van der Waals surface area contributed by atoms with E-state index in [1.54, 1.807) is 36.7 Å². The molecule has 0 saturated carbocycles. The number of benzene rings is 2. The summed E-state index contributed by atoms with van der Waals surface area (Å²) in [4.78, 5) is 36.2. The standard InChI is InChI=1S/C25H25N5O5/c1-33-20-8-5-17-11-21(20)34-15-23(31)28-12-16-3-6-18(7-4-16)35-22-14-30(13-19(22)29-24(17)32)25-26-9-2-10-27-25/h2-11,19,22H,12-15H2,1H3,(H,28,31)(H,29,32)/t19-,22-/m0/s1. The van der Waals surface area contributed by atoms with E-state index in [4.69, 9.17) is 14.2 Å². The van der Waals surface area contributed by atoms with Crippen LogP contribution in [0.3, 0.4) is 0 Å². The van der Waals surface area contributed by atoms with Crippen molar-refractivity contribution in [3.05, 3.63) is 72.1 Å². The van der Waals surface area contributed by atoms with Gasteiger partial charge in [0, 0.05) is 31.0 Å². The number of carbonyl (C=O) groups excluding carboxylic acids is 2. The number of hydrogen-bond acceptors (Lipinski definition) is 8. The van der Waals surface area contributed by atoms with Crippen molar-refractivity contribution < 1.29 is 23.8 Å². The molecular formula is C25H25N5O5. The van der Waals surface area contributed by atoms with E-state index >= 15 is 0 Å². The van der Waals surface area contributed by atoms with Crippen LogP contribution in [-0.4, -0.2) is 60.7 Å². The van der Waals surface area contributed by atoms with Crippen molar-refractivity contribution >= 4 is 17.8 Å². The fourth-order valence-corrected chi connectivity index (χ4v) is 4.09. The Kier molecular flexibility index (Phi) is 6.34. The third-order valence-electron chi connectivity index (χ3n) is 5.90. The molecular weight excluding hydrogens is 450 g/mol. The van der Waals surface area contributed by atoms with Gasteiger partial charge in [0.1, 0.15) is 11.9 Å². The highest BCUT2D eigenvalue weighted by atomic mass is 16.5. The zero-order valence-corrected chi connectivity index (χ0v) is 19.1. The Morgan fingerprint density at radius 1 is 1.06 bits per heavy atom. The summed E-state index contributed by atoms with van der Waals surface area (Å²) in [6, 6.07) is 13.8. The van der Waals surface area contributed by atoms with Crippen molar-refractivity contribution in [2.24, 2.45) is 0 Å². The van der Waals surface area contributed by atoms with Crippen LogP contribution >= 0.6 is 0 Å². The number of fused-ring (bicyclic) bond motifs is 7. The molecule has 1 saturated heterocycles. The molecule has 0 spiro atoms. The summed E-state index contributed by atoms with van der Waals surface area (Å²) in [5.74, 6) is 1.39. The Labute approximate surface area is 202 Å². The van der Waals surface area contributed by atoms with Gasteiger partial charge in [-0.3, -0.25) is 9.59 Å². The number of methoxy groups -OCH3 is 1. The van der Waals surface area contributed by atoms with E-state index in [0.717, 1.165) is 5.56 Å². The van der Waals surface area contributed by atoms with Gasteiger partial charge >= 0.3 is 0 Å². The minimum atomic E-state index is -0.335. The van der Waals surface area contributed by atoms with Gasteiger partial charge in [-0.1, -0.05) is 12.1 Å². The molecule has 1 fully saturated rings. The molecule has 35 heavy (non-hydrogen) atoms. The topological polar surface area (TPSA) is 115 Å². The van der Waals surface area contributed by atoms with E-state index in [-0.39, 0.29) is 30.6 Å². The normalized spacial score (nSPS) is 20.1. The van der Waals surface area contributed by atoms with Crippen LogP contribution in [0.2, 0.25) is 0 Å². The van der Waals surface area contributed by atoms with Crippen molar-refractivity contribution in [2.75, 3.05) is 31.7 Å². The van der Waals surface area contributed by atoms with Gasteiger partial charge in [-0.2, -0.15) is 0 Å². The average molecular weight is 476 g/mol. The third kappa shape index (κ3) is 5.11. The molecule has 0 unspecified atom stereocenters. The van der Waals surface area contributed by atoms with Gasteiger partial charge in [0.05, 0.1) is 19.7 Å². The maximum Gasteiger partial charge on any atom is 0.258 e. The van der Waals surface area contributed by atoms with Gasteiger partial charge in [0.25, 0.3) is 11.8 Å². The number of rotatable bonds is 2. The van der Waals surface area contributed by atoms with Crippen LogP contribution in [0.15, 0.2) is 60.9 Å². The molecule has 2 aromatic carbocycles. The largest absolute Gasteiger partial charge is 0.493 e. The monoisotopic (exact) mass is 475 g/mol. The SMILES string of the molecule is COc1ccc2cc1OCC(=O)NCc1ccc(cc1)O[C@H]1CN(c3ncccn3)C[C@@H]1NC2=O. The van der Waals surface area contributed by atoms with E-state index in [1.165, 1.54) is 7.11 Å². The number of carbonyl (C=O) groups is 2. The molecule has 3 aliphatic rings. The summed E-state index contributed by atoms with van der Waals surface area (Å²) in [5, 5.41) is 5.91. The van der Waals surface area contributed by atoms with Crippen molar-refractivity contribution in [2.45, 2.75) is 18.7 Å². The fraction of sp³-hybridized carbons (Fsp3) is 0.280. The lowest BCUT2D eigenvalue weighted by atomic mass is 10.1. The lowest BCUT2D eigenvalue weighted by Crippen LogP contribution is -2.45. The minimum absolute atomic E-state index is 0.209. The predicted molar refractivity (Wildman–Crippen MR) is 127 cm³/mol. The molecule has 0 radical (unpaired) electrons. The molecule has 1 aromatic heterocycles. The Morgan fingerprint density at radius 2 is 1.86 bits per heavy atom. The first-order valence-corrected chi connectivity index (χ1v) is 11.2. The number of nitrogens with zero attached hydrogens (tertiary/aromatic N) is 3. The molecule has 4 bridgehead atoms. The first-order chi connectivity index (χ1) is 17.1. The van der Waals surface area contributed by atoms with Crippen LogP contribution in [0.5, 0.6) is 17.2 Å². The lowest BCUT2D eigenvalue weighted by molar-refractivity contribution is -0.123.